The lowest BCUT2D eigenvalue weighted by Crippen LogP contribution is -1.90. The fourth-order valence-corrected chi connectivity index (χ4v) is 2.56. The molecule has 0 atom stereocenters. The van der Waals surface area contributed by atoms with Gasteiger partial charge in [-0.05, 0) is 37.1 Å². The zero-order valence-corrected chi connectivity index (χ0v) is 12.9. The number of fused-ring (bicyclic) bond motifs is 3. The third kappa shape index (κ3) is 2.68. The minimum atomic E-state index is 0.944. The number of benzene rings is 1. The summed E-state index contributed by atoms with van der Waals surface area (Å²) in [6.45, 7) is 8.06. The predicted octanol–water partition coefficient (Wildman–Crippen LogP) is 5.32. The zero-order chi connectivity index (χ0) is 15.5. The van der Waals surface area contributed by atoms with Gasteiger partial charge in [-0.25, -0.2) is 4.98 Å². The first-order chi connectivity index (χ1) is 10.7. The van der Waals surface area contributed by atoms with E-state index >= 15 is 0 Å². The molecule has 2 heterocycles. The van der Waals surface area contributed by atoms with Gasteiger partial charge in [0.2, 0.25) is 0 Å². The molecule has 0 aliphatic rings. The van der Waals surface area contributed by atoms with Crippen LogP contribution in [-0.4, -0.2) is 9.97 Å². The molecule has 0 saturated heterocycles. The van der Waals surface area contributed by atoms with Crippen LogP contribution in [0, 0.1) is 0 Å². The molecule has 3 aromatic rings. The summed E-state index contributed by atoms with van der Waals surface area (Å²) in [6, 6.07) is 12.3. The van der Waals surface area contributed by atoms with Crippen molar-refractivity contribution in [1.29, 1.82) is 0 Å². The van der Waals surface area contributed by atoms with Crippen molar-refractivity contribution in [3.05, 3.63) is 78.7 Å². The molecule has 0 amide bonds. The van der Waals surface area contributed by atoms with Gasteiger partial charge >= 0.3 is 0 Å². The van der Waals surface area contributed by atoms with E-state index in [1.807, 2.05) is 43.5 Å². The smallest absolute Gasteiger partial charge is 0.0971 e. The van der Waals surface area contributed by atoms with Crippen molar-refractivity contribution < 1.29 is 0 Å². The SMILES string of the molecule is C=C(/C=C\C)/C=C(\C)c1ccc2ccc3cccnc3c2n1. The highest BCUT2D eigenvalue weighted by atomic mass is 14.7. The Morgan fingerprint density at radius 3 is 2.55 bits per heavy atom. The van der Waals surface area contributed by atoms with Crippen molar-refractivity contribution in [3.8, 4) is 0 Å². The molecule has 2 heteroatoms. The lowest BCUT2D eigenvalue weighted by molar-refractivity contribution is 1.32. The van der Waals surface area contributed by atoms with Gasteiger partial charge in [0.1, 0.15) is 0 Å². The van der Waals surface area contributed by atoms with Crippen LogP contribution in [0.25, 0.3) is 27.4 Å². The van der Waals surface area contributed by atoms with Crippen LogP contribution < -0.4 is 0 Å². The molecule has 0 unspecified atom stereocenters. The Labute approximate surface area is 130 Å². The first-order valence-electron chi connectivity index (χ1n) is 7.34. The van der Waals surface area contributed by atoms with Crippen LogP contribution >= 0.6 is 0 Å². The Hall–Kier alpha value is -2.74. The molecule has 0 aliphatic carbocycles. The summed E-state index contributed by atoms with van der Waals surface area (Å²) in [4.78, 5) is 9.31. The Balaban J connectivity index is 2.16. The first kappa shape index (κ1) is 14.2. The molecule has 22 heavy (non-hydrogen) atoms. The van der Waals surface area contributed by atoms with E-state index in [0.29, 0.717) is 0 Å². The van der Waals surface area contributed by atoms with E-state index in [9.17, 15) is 0 Å². The van der Waals surface area contributed by atoms with E-state index in [-0.39, 0.29) is 0 Å². The maximum atomic E-state index is 4.82. The minimum Gasteiger partial charge on any atom is -0.254 e. The number of pyridine rings is 2. The summed E-state index contributed by atoms with van der Waals surface area (Å²) in [5.74, 6) is 0. The van der Waals surface area contributed by atoms with E-state index in [1.54, 1.807) is 0 Å². The molecule has 1 aromatic carbocycles. The molecule has 0 saturated carbocycles. The second kappa shape index (κ2) is 5.94. The maximum Gasteiger partial charge on any atom is 0.0971 e. The molecular formula is C20H18N2. The molecular weight excluding hydrogens is 268 g/mol. The van der Waals surface area contributed by atoms with E-state index < -0.39 is 0 Å². The highest BCUT2D eigenvalue weighted by Crippen LogP contribution is 2.24. The van der Waals surface area contributed by atoms with Gasteiger partial charge in [0.25, 0.3) is 0 Å². The summed E-state index contributed by atoms with van der Waals surface area (Å²) in [7, 11) is 0. The van der Waals surface area contributed by atoms with Gasteiger partial charge in [0.15, 0.2) is 0 Å². The fraction of sp³-hybridized carbons (Fsp3) is 0.100. The van der Waals surface area contributed by atoms with Crippen LogP contribution in [0.2, 0.25) is 0 Å². The molecule has 2 aromatic heterocycles. The lowest BCUT2D eigenvalue weighted by atomic mass is 10.1. The number of nitrogens with zero attached hydrogens (tertiary/aromatic N) is 2. The number of hydrogen-bond acceptors (Lipinski definition) is 2. The largest absolute Gasteiger partial charge is 0.254 e. The molecule has 0 N–H and O–H groups in total. The van der Waals surface area contributed by atoms with Crippen LogP contribution in [-0.2, 0) is 0 Å². The van der Waals surface area contributed by atoms with E-state index in [0.717, 1.165) is 38.6 Å². The van der Waals surface area contributed by atoms with Gasteiger partial charge in [-0.15, -0.1) is 0 Å². The van der Waals surface area contributed by atoms with Crippen molar-refractivity contribution in [1.82, 2.24) is 9.97 Å². The molecule has 0 aliphatic heterocycles. The Kier molecular flexibility index (Phi) is 3.84. The Bertz CT molecular complexity index is 917. The third-order valence-electron chi connectivity index (χ3n) is 3.62. The van der Waals surface area contributed by atoms with Crippen LogP contribution in [0.15, 0.2) is 73.0 Å². The second-order valence-corrected chi connectivity index (χ2v) is 5.31. The van der Waals surface area contributed by atoms with E-state index in [2.05, 4.69) is 42.8 Å². The number of rotatable bonds is 3. The second-order valence-electron chi connectivity index (χ2n) is 5.31. The van der Waals surface area contributed by atoms with E-state index in [1.165, 1.54) is 0 Å². The molecule has 0 radical (unpaired) electrons. The van der Waals surface area contributed by atoms with Crippen molar-refractivity contribution >= 4 is 27.4 Å². The van der Waals surface area contributed by atoms with Gasteiger partial charge in [-0.2, -0.15) is 0 Å². The summed E-state index contributed by atoms with van der Waals surface area (Å²) >= 11 is 0. The van der Waals surface area contributed by atoms with Crippen molar-refractivity contribution in [2.45, 2.75) is 13.8 Å². The number of aromatic nitrogens is 2. The highest BCUT2D eigenvalue weighted by Gasteiger charge is 2.05. The predicted molar refractivity (Wildman–Crippen MR) is 94.6 cm³/mol. The Morgan fingerprint density at radius 1 is 1.05 bits per heavy atom. The fourth-order valence-electron chi connectivity index (χ4n) is 2.56. The molecule has 0 bridgehead atoms. The van der Waals surface area contributed by atoms with Gasteiger partial charge in [0, 0.05) is 17.0 Å². The Morgan fingerprint density at radius 2 is 1.77 bits per heavy atom. The molecule has 3 rings (SSSR count). The highest BCUT2D eigenvalue weighted by molar-refractivity contribution is 6.02. The van der Waals surface area contributed by atoms with Crippen LogP contribution in [0.4, 0.5) is 0 Å². The van der Waals surface area contributed by atoms with Crippen LogP contribution in [0.5, 0.6) is 0 Å². The normalized spacial score (nSPS) is 12.4. The number of allylic oxidation sites excluding steroid dienone is 5. The first-order valence-corrected chi connectivity index (χ1v) is 7.34. The van der Waals surface area contributed by atoms with Gasteiger partial charge in [-0.1, -0.05) is 49.1 Å². The molecule has 108 valence electrons. The van der Waals surface area contributed by atoms with Crippen molar-refractivity contribution in [2.75, 3.05) is 0 Å². The average molecular weight is 286 g/mol. The molecule has 2 nitrogen and oxygen atoms in total. The third-order valence-corrected chi connectivity index (χ3v) is 3.62. The quantitative estimate of drug-likeness (QED) is 0.481. The van der Waals surface area contributed by atoms with Gasteiger partial charge in [0.05, 0.1) is 16.7 Å². The average Bonchev–Trinajstić information content (AvgIpc) is 2.54. The lowest BCUT2D eigenvalue weighted by Gasteiger charge is -2.06. The van der Waals surface area contributed by atoms with Gasteiger partial charge < -0.3 is 0 Å². The molecule has 0 spiro atoms. The van der Waals surface area contributed by atoms with Crippen LogP contribution in [0.1, 0.15) is 19.5 Å². The summed E-state index contributed by atoms with van der Waals surface area (Å²) in [5, 5.41) is 2.22. The summed E-state index contributed by atoms with van der Waals surface area (Å²) < 4.78 is 0. The maximum absolute atomic E-state index is 4.82. The minimum absolute atomic E-state index is 0.944. The molecule has 0 fully saturated rings. The standard InChI is InChI=1S/C20H18N2/c1-4-6-14(2)13-15(3)18-11-10-17-9-8-16-7-5-12-21-19(16)20(17)22-18/h4-13H,2H2,1,3H3/b6-4-,15-13+. The van der Waals surface area contributed by atoms with Crippen molar-refractivity contribution in [3.63, 3.8) is 0 Å². The topological polar surface area (TPSA) is 25.8 Å². The monoisotopic (exact) mass is 286 g/mol. The van der Waals surface area contributed by atoms with Gasteiger partial charge in [-0.3, -0.25) is 4.98 Å². The van der Waals surface area contributed by atoms with E-state index in [4.69, 9.17) is 4.98 Å². The number of hydrogen-bond donors (Lipinski definition) is 0. The summed E-state index contributed by atoms with van der Waals surface area (Å²) in [5.41, 5.74) is 4.91. The van der Waals surface area contributed by atoms with Crippen molar-refractivity contribution in [2.24, 2.45) is 0 Å². The summed E-state index contributed by atoms with van der Waals surface area (Å²) in [6.07, 6.45) is 7.83. The van der Waals surface area contributed by atoms with Crippen LogP contribution in [0.3, 0.4) is 0 Å². The zero-order valence-electron chi connectivity index (χ0n) is 12.9.